The highest BCUT2D eigenvalue weighted by atomic mass is 19.3. The Morgan fingerprint density at radius 1 is 1.43 bits per heavy atom. The quantitative estimate of drug-likeness (QED) is 0.782. The molecule has 1 saturated heterocycles. The first-order chi connectivity index (χ1) is 6.66. The molecule has 1 aliphatic rings. The van der Waals surface area contributed by atoms with Crippen molar-refractivity contribution in [2.75, 3.05) is 23.7 Å². The van der Waals surface area contributed by atoms with Crippen LogP contribution in [0.1, 0.15) is 0 Å². The molecule has 2 N–H and O–H groups in total. The summed E-state index contributed by atoms with van der Waals surface area (Å²) in [5.74, 6) is -0.0489. The lowest BCUT2D eigenvalue weighted by atomic mass is 10.0. The summed E-state index contributed by atoms with van der Waals surface area (Å²) in [6, 6.07) is 3.47. The van der Waals surface area contributed by atoms with Crippen molar-refractivity contribution < 1.29 is 8.78 Å². The molecule has 0 atom stereocenters. The van der Waals surface area contributed by atoms with Crippen LogP contribution < -0.4 is 10.6 Å². The zero-order chi connectivity index (χ0) is 10.1. The molecular weight excluding hydrogens is 188 g/mol. The number of anilines is 2. The number of hydrogen-bond donors (Lipinski definition) is 1. The van der Waals surface area contributed by atoms with Crippen molar-refractivity contribution in [3.8, 4) is 0 Å². The Labute approximate surface area is 80.5 Å². The van der Waals surface area contributed by atoms with Gasteiger partial charge in [-0.2, -0.15) is 0 Å². The van der Waals surface area contributed by atoms with Gasteiger partial charge in [-0.15, -0.1) is 0 Å². The third kappa shape index (κ3) is 1.62. The first-order valence-electron chi connectivity index (χ1n) is 4.41. The lowest BCUT2D eigenvalue weighted by Gasteiger charge is -2.40. The summed E-state index contributed by atoms with van der Waals surface area (Å²) in [7, 11) is 0. The van der Waals surface area contributed by atoms with Crippen LogP contribution in [-0.4, -0.2) is 24.5 Å². The van der Waals surface area contributed by atoms with Gasteiger partial charge in [0, 0.05) is 13.1 Å². The summed E-state index contributed by atoms with van der Waals surface area (Å²) in [4.78, 5) is 5.76. The van der Waals surface area contributed by atoms with E-state index < -0.39 is 12.3 Å². The molecule has 76 valence electrons. The summed E-state index contributed by atoms with van der Waals surface area (Å²) in [5.41, 5.74) is 6.27. The number of aromatic nitrogens is 1. The standard InChI is InChI=1S/C9H11F2N3/c10-9(11)6-4-14(5-6)7-1-2-8(12)13-3-7/h1-3,6,9H,4-5H2,(H2,12,13). The van der Waals surface area contributed by atoms with Gasteiger partial charge < -0.3 is 10.6 Å². The average Bonchev–Trinajstić information content (AvgIpc) is 2.05. The molecule has 1 fully saturated rings. The molecule has 0 saturated carbocycles. The average molecular weight is 199 g/mol. The van der Waals surface area contributed by atoms with Crippen LogP contribution in [0.2, 0.25) is 0 Å². The highest BCUT2D eigenvalue weighted by molar-refractivity contribution is 5.50. The second kappa shape index (κ2) is 3.40. The maximum absolute atomic E-state index is 12.2. The third-order valence-corrected chi connectivity index (χ3v) is 2.40. The Morgan fingerprint density at radius 3 is 2.64 bits per heavy atom. The lowest BCUT2D eigenvalue weighted by Crippen LogP contribution is -2.50. The van der Waals surface area contributed by atoms with Gasteiger partial charge >= 0.3 is 0 Å². The van der Waals surface area contributed by atoms with Crippen LogP contribution in [0.3, 0.4) is 0 Å². The van der Waals surface area contributed by atoms with Crippen LogP contribution in [0.25, 0.3) is 0 Å². The van der Waals surface area contributed by atoms with E-state index in [2.05, 4.69) is 4.98 Å². The van der Waals surface area contributed by atoms with Gasteiger partial charge in [-0.1, -0.05) is 0 Å². The molecule has 0 bridgehead atoms. The Hall–Kier alpha value is -1.39. The summed E-state index contributed by atoms with van der Waals surface area (Å²) >= 11 is 0. The van der Waals surface area contributed by atoms with E-state index >= 15 is 0 Å². The fraction of sp³-hybridized carbons (Fsp3) is 0.444. The van der Waals surface area contributed by atoms with Gasteiger partial charge in [0.15, 0.2) is 0 Å². The molecule has 0 aliphatic carbocycles. The molecule has 0 aromatic carbocycles. The van der Waals surface area contributed by atoms with Crippen molar-refractivity contribution in [3.63, 3.8) is 0 Å². The number of rotatable bonds is 2. The van der Waals surface area contributed by atoms with E-state index in [4.69, 9.17) is 5.73 Å². The molecule has 1 aliphatic heterocycles. The van der Waals surface area contributed by atoms with Crippen LogP contribution in [0.5, 0.6) is 0 Å². The first kappa shape index (κ1) is 9.18. The third-order valence-electron chi connectivity index (χ3n) is 2.40. The van der Waals surface area contributed by atoms with Crippen molar-refractivity contribution in [1.82, 2.24) is 4.98 Å². The largest absolute Gasteiger partial charge is 0.384 e. The zero-order valence-corrected chi connectivity index (χ0v) is 7.53. The molecule has 1 aromatic heterocycles. The molecule has 0 amide bonds. The van der Waals surface area contributed by atoms with E-state index in [1.165, 1.54) is 0 Å². The number of pyridine rings is 1. The van der Waals surface area contributed by atoms with Crippen LogP contribution in [0.15, 0.2) is 18.3 Å². The predicted octanol–water partition coefficient (Wildman–Crippen LogP) is 1.37. The SMILES string of the molecule is Nc1ccc(N2CC(C(F)F)C2)cn1. The Kier molecular flexibility index (Phi) is 2.23. The van der Waals surface area contributed by atoms with Crippen molar-refractivity contribution in [2.45, 2.75) is 6.43 Å². The Balaban J connectivity index is 1.96. The van der Waals surface area contributed by atoms with E-state index in [1.807, 2.05) is 4.90 Å². The number of hydrogen-bond acceptors (Lipinski definition) is 3. The second-order valence-electron chi connectivity index (χ2n) is 3.44. The summed E-state index contributed by atoms with van der Waals surface area (Å²) in [6.07, 6.45) is -0.607. The highest BCUT2D eigenvalue weighted by Crippen LogP contribution is 2.27. The van der Waals surface area contributed by atoms with E-state index in [-0.39, 0.29) is 0 Å². The van der Waals surface area contributed by atoms with E-state index in [0.29, 0.717) is 18.9 Å². The zero-order valence-electron chi connectivity index (χ0n) is 7.53. The van der Waals surface area contributed by atoms with Gasteiger partial charge in [0.1, 0.15) is 5.82 Å². The number of halogens is 2. The molecule has 0 radical (unpaired) electrons. The topological polar surface area (TPSA) is 42.1 Å². The van der Waals surface area contributed by atoms with Crippen LogP contribution in [-0.2, 0) is 0 Å². The molecule has 5 heteroatoms. The number of nitrogens with zero attached hydrogens (tertiary/aromatic N) is 2. The van der Waals surface area contributed by atoms with Crippen molar-refractivity contribution in [2.24, 2.45) is 5.92 Å². The number of nitrogen functional groups attached to an aromatic ring is 1. The van der Waals surface area contributed by atoms with Gasteiger partial charge in [0.05, 0.1) is 17.8 Å². The van der Waals surface area contributed by atoms with Crippen LogP contribution in [0, 0.1) is 5.92 Å². The van der Waals surface area contributed by atoms with Gasteiger partial charge in [0.25, 0.3) is 0 Å². The second-order valence-corrected chi connectivity index (χ2v) is 3.44. The van der Waals surface area contributed by atoms with Crippen molar-refractivity contribution >= 4 is 11.5 Å². The van der Waals surface area contributed by atoms with Gasteiger partial charge in [0.2, 0.25) is 6.43 Å². The minimum absolute atomic E-state index is 0.406. The maximum Gasteiger partial charge on any atom is 0.244 e. The Bertz CT molecular complexity index is 306. The molecule has 14 heavy (non-hydrogen) atoms. The molecular formula is C9H11F2N3. The maximum atomic E-state index is 12.2. The number of nitrogens with two attached hydrogens (primary N) is 1. The van der Waals surface area contributed by atoms with Crippen molar-refractivity contribution in [3.05, 3.63) is 18.3 Å². The van der Waals surface area contributed by atoms with Gasteiger partial charge in [-0.05, 0) is 12.1 Å². The summed E-state index contributed by atoms with van der Waals surface area (Å²) < 4.78 is 24.3. The fourth-order valence-corrected chi connectivity index (χ4v) is 1.47. The normalized spacial score (nSPS) is 17.2. The molecule has 2 rings (SSSR count). The van der Waals surface area contributed by atoms with Crippen molar-refractivity contribution in [1.29, 1.82) is 0 Å². The van der Waals surface area contributed by atoms with Gasteiger partial charge in [-0.25, -0.2) is 13.8 Å². The lowest BCUT2D eigenvalue weighted by molar-refractivity contribution is 0.0614. The first-order valence-corrected chi connectivity index (χ1v) is 4.41. The highest BCUT2D eigenvalue weighted by Gasteiger charge is 2.33. The van der Waals surface area contributed by atoms with E-state index in [1.54, 1.807) is 18.3 Å². The molecule has 2 heterocycles. The predicted molar refractivity (Wildman–Crippen MR) is 50.4 cm³/mol. The van der Waals surface area contributed by atoms with E-state index in [9.17, 15) is 8.78 Å². The number of alkyl halides is 2. The Morgan fingerprint density at radius 2 is 2.14 bits per heavy atom. The minimum atomic E-state index is -2.21. The molecule has 3 nitrogen and oxygen atoms in total. The molecule has 0 unspecified atom stereocenters. The van der Waals surface area contributed by atoms with Crippen LogP contribution in [0.4, 0.5) is 20.3 Å². The summed E-state index contributed by atoms with van der Waals surface area (Å²) in [6.45, 7) is 0.812. The fourth-order valence-electron chi connectivity index (χ4n) is 1.47. The monoisotopic (exact) mass is 199 g/mol. The summed E-state index contributed by atoms with van der Waals surface area (Å²) in [5, 5.41) is 0. The molecule has 1 aromatic rings. The smallest absolute Gasteiger partial charge is 0.244 e. The van der Waals surface area contributed by atoms with Gasteiger partial charge in [-0.3, -0.25) is 0 Å². The minimum Gasteiger partial charge on any atom is -0.384 e. The molecule has 0 spiro atoms. The van der Waals surface area contributed by atoms with Crippen LogP contribution >= 0.6 is 0 Å². The van der Waals surface area contributed by atoms with E-state index in [0.717, 1.165) is 5.69 Å².